The Morgan fingerprint density at radius 2 is 1.86 bits per heavy atom. The number of nitrogens with two attached hydrogens (primary N) is 1. The topological polar surface area (TPSA) is 111 Å². The summed E-state index contributed by atoms with van der Waals surface area (Å²) in [5, 5.41) is 0. The largest absolute Gasteiger partial charge is 0.497 e. The molecule has 0 saturated heterocycles. The molecule has 1 heterocycles. The lowest BCUT2D eigenvalue weighted by Crippen LogP contribution is -2.41. The molecule has 0 bridgehead atoms. The normalized spacial score (nSPS) is 13.3. The Balaban J connectivity index is 1.73. The highest BCUT2D eigenvalue weighted by Crippen LogP contribution is 2.37. The third-order valence-corrected chi connectivity index (χ3v) is 5.46. The molecule has 0 fully saturated rings. The van der Waals surface area contributed by atoms with E-state index < -0.39 is 13.4 Å². The molecule has 7 nitrogen and oxygen atoms in total. The second-order valence-electron chi connectivity index (χ2n) is 6.76. The maximum Gasteiger partial charge on any atom is 0.469 e. The van der Waals surface area contributed by atoms with Gasteiger partial charge in [-0.15, -0.1) is 11.3 Å². The number of ether oxygens (including phenoxy) is 2. The fourth-order valence-electron chi connectivity index (χ4n) is 2.33. The van der Waals surface area contributed by atoms with Gasteiger partial charge in [-0.1, -0.05) is 11.8 Å². The second kappa shape index (κ2) is 10.8. The highest BCUT2D eigenvalue weighted by atomic mass is 32.1. The minimum atomic E-state index is -4.51. The van der Waals surface area contributed by atoms with E-state index in [9.17, 15) is 4.57 Å². The molecule has 2 aromatic rings. The second-order valence-corrected chi connectivity index (χ2v) is 9.17. The number of phosphoric acid groups is 1. The van der Waals surface area contributed by atoms with Gasteiger partial charge in [0, 0.05) is 16.8 Å². The highest BCUT2D eigenvalue weighted by molar-refractivity contribution is 7.46. The van der Waals surface area contributed by atoms with Gasteiger partial charge in [-0.3, -0.25) is 4.52 Å². The number of aryl methyl sites for hydroxylation is 1. The molecule has 0 aliphatic carbocycles. The molecule has 0 aliphatic heterocycles. The van der Waals surface area contributed by atoms with E-state index in [0.717, 1.165) is 21.3 Å². The van der Waals surface area contributed by atoms with E-state index in [1.807, 2.05) is 36.4 Å². The quantitative estimate of drug-likeness (QED) is 0.296. The molecule has 1 aromatic carbocycles. The van der Waals surface area contributed by atoms with Crippen molar-refractivity contribution in [3.8, 4) is 23.3 Å². The number of hydrogen-bond acceptors (Lipinski definition) is 6. The summed E-state index contributed by atoms with van der Waals surface area (Å²) in [6, 6.07) is 11.3. The van der Waals surface area contributed by atoms with E-state index in [1.54, 1.807) is 25.4 Å². The zero-order valence-corrected chi connectivity index (χ0v) is 18.2. The minimum absolute atomic E-state index is 0.205. The van der Waals surface area contributed by atoms with Crippen LogP contribution < -0.4 is 15.2 Å². The lowest BCUT2D eigenvalue weighted by atomic mass is 9.98. The molecule has 1 atom stereocenters. The first-order valence-corrected chi connectivity index (χ1v) is 11.3. The first-order chi connectivity index (χ1) is 13.7. The Labute approximate surface area is 175 Å². The Bertz CT molecular complexity index is 878. The van der Waals surface area contributed by atoms with Gasteiger partial charge in [0.15, 0.2) is 0 Å². The van der Waals surface area contributed by atoms with E-state index in [-0.39, 0.29) is 6.61 Å². The molecule has 0 amide bonds. The van der Waals surface area contributed by atoms with E-state index in [2.05, 4.69) is 16.4 Å². The average Bonchev–Trinajstić information content (AvgIpc) is 3.13. The molecule has 0 spiro atoms. The maximum absolute atomic E-state index is 10.8. The molecule has 0 aliphatic rings. The van der Waals surface area contributed by atoms with Crippen molar-refractivity contribution >= 4 is 19.2 Å². The van der Waals surface area contributed by atoms with E-state index >= 15 is 0 Å². The number of methoxy groups -OCH3 is 1. The molecule has 4 N–H and O–H groups in total. The lowest BCUT2D eigenvalue weighted by Gasteiger charge is -2.24. The van der Waals surface area contributed by atoms with Gasteiger partial charge in [0.2, 0.25) is 0 Å². The molecule has 1 unspecified atom stereocenters. The van der Waals surface area contributed by atoms with Crippen LogP contribution in [0.15, 0.2) is 36.4 Å². The van der Waals surface area contributed by atoms with E-state index in [1.165, 1.54) is 0 Å². The fourth-order valence-corrected chi connectivity index (χ4v) is 3.68. The summed E-state index contributed by atoms with van der Waals surface area (Å²) >= 11 is 1.58. The zero-order valence-electron chi connectivity index (χ0n) is 16.5. The SMILES string of the molecule is COc1ccc(OCCC#Cc2ccc(CCC(C)(N)COP(=O)(O)O)s2)cc1. The number of rotatable bonds is 10. The summed E-state index contributed by atoms with van der Waals surface area (Å²) in [4.78, 5) is 19.6. The van der Waals surface area contributed by atoms with Crippen molar-refractivity contribution in [2.45, 2.75) is 31.7 Å². The molecular weight excluding hydrogens is 413 g/mol. The number of benzene rings is 1. The van der Waals surface area contributed by atoms with Crippen LogP contribution in [0.4, 0.5) is 0 Å². The van der Waals surface area contributed by atoms with Crippen LogP contribution in [-0.2, 0) is 15.5 Å². The first-order valence-electron chi connectivity index (χ1n) is 9.00. The standard InChI is InChI=1S/C20H26NO6PS/c1-20(21,15-27-28(22,23)24)13-12-19-11-10-18(29-19)5-3-4-14-26-17-8-6-16(25-2)7-9-17/h6-11H,4,12-15,21H2,1-2H3,(H2,22,23,24). The Kier molecular flexibility index (Phi) is 8.72. The lowest BCUT2D eigenvalue weighted by molar-refractivity contribution is 0.154. The van der Waals surface area contributed by atoms with Crippen LogP contribution in [0.1, 0.15) is 29.5 Å². The summed E-state index contributed by atoms with van der Waals surface area (Å²) in [6.45, 7) is 2.01. The third kappa shape index (κ3) is 9.46. The fraction of sp³-hybridized carbons (Fsp3) is 0.400. The van der Waals surface area contributed by atoms with Crippen LogP contribution in [0.25, 0.3) is 0 Å². The molecule has 2 rings (SSSR count). The number of hydrogen-bond donors (Lipinski definition) is 3. The van der Waals surface area contributed by atoms with E-state index in [0.29, 0.717) is 25.9 Å². The molecule has 9 heteroatoms. The van der Waals surface area contributed by atoms with Gasteiger partial charge < -0.3 is 25.0 Å². The van der Waals surface area contributed by atoms with Crippen molar-refractivity contribution < 1.29 is 28.3 Å². The average molecular weight is 439 g/mol. The first kappa shape index (κ1) is 23.4. The van der Waals surface area contributed by atoms with Crippen LogP contribution in [-0.4, -0.2) is 35.6 Å². The number of phosphoric ester groups is 1. The van der Waals surface area contributed by atoms with Crippen LogP contribution in [0.5, 0.6) is 11.5 Å². The maximum atomic E-state index is 10.8. The van der Waals surface area contributed by atoms with Crippen molar-refractivity contribution in [1.82, 2.24) is 0 Å². The molecular formula is C20H26NO6PS. The molecule has 1 aromatic heterocycles. The van der Waals surface area contributed by atoms with Crippen LogP contribution in [0.3, 0.4) is 0 Å². The van der Waals surface area contributed by atoms with Gasteiger partial charge in [0.1, 0.15) is 11.5 Å². The summed E-state index contributed by atoms with van der Waals surface area (Å²) in [5.41, 5.74) is 5.22. The van der Waals surface area contributed by atoms with Crippen molar-refractivity contribution in [1.29, 1.82) is 0 Å². The summed E-state index contributed by atoms with van der Waals surface area (Å²) in [7, 11) is -2.89. The van der Waals surface area contributed by atoms with Gasteiger partial charge in [0.05, 0.1) is 25.2 Å². The van der Waals surface area contributed by atoms with Gasteiger partial charge in [-0.05, 0) is 56.2 Å². The number of thiophene rings is 1. The summed E-state index contributed by atoms with van der Waals surface area (Å²) in [6.07, 6.45) is 1.83. The van der Waals surface area contributed by atoms with Crippen LogP contribution >= 0.6 is 19.2 Å². The van der Waals surface area contributed by atoms with Gasteiger partial charge >= 0.3 is 7.82 Å². The Morgan fingerprint density at radius 1 is 1.17 bits per heavy atom. The molecule has 158 valence electrons. The third-order valence-electron chi connectivity index (χ3n) is 3.93. The van der Waals surface area contributed by atoms with Gasteiger partial charge in [0.25, 0.3) is 0 Å². The van der Waals surface area contributed by atoms with E-state index in [4.69, 9.17) is 25.0 Å². The minimum Gasteiger partial charge on any atom is -0.497 e. The van der Waals surface area contributed by atoms with Gasteiger partial charge in [-0.25, -0.2) is 4.57 Å². The molecule has 0 radical (unpaired) electrons. The summed E-state index contributed by atoms with van der Waals surface area (Å²) < 4.78 is 26.0. The van der Waals surface area contributed by atoms with Crippen molar-refractivity contribution in [2.75, 3.05) is 20.3 Å². The molecule has 29 heavy (non-hydrogen) atoms. The smallest absolute Gasteiger partial charge is 0.469 e. The van der Waals surface area contributed by atoms with Crippen molar-refractivity contribution in [2.24, 2.45) is 5.73 Å². The zero-order chi connectivity index (χ0) is 21.3. The van der Waals surface area contributed by atoms with Crippen molar-refractivity contribution in [3.63, 3.8) is 0 Å². The Morgan fingerprint density at radius 3 is 2.52 bits per heavy atom. The Hall–Kier alpha value is -1.85. The summed E-state index contributed by atoms with van der Waals surface area (Å²) in [5.74, 6) is 7.78. The molecule has 0 saturated carbocycles. The monoisotopic (exact) mass is 439 g/mol. The van der Waals surface area contributed by atoms with Crippen molar-refractivity contribution in [3.05, 3.63) is 46.2 Å². The highest BCUT2D eigenvalue weighted by Gasteiger charge is 2.24. The predicted octanol–water partition coefficient (Wildman–Crippen LogP) is 3.34. The van der Waals surface area contributed by atoms with Gasteiger partial charge in [-0.2, -0.15) is 0 Å². The predicted molar refractivity (Wildman–Crippen MR) is 113 cm³/mol. The van der Waals surface area contributed by atoms with Crippen LogP contribution in [0.2, 0.25) is 0 Å². The van der Waals surface area contributed by atoms with Crippen LogP contribution in [0, 0.1) is 11.8 Å².